The number of sulfonamides is 1. The van der Waals surface area contributed by atoms with E-state index in [0.29, 0.717) is 25.4 Å². The molecule has 1 atom stereocenters. The van der Waals surface area contributed by atoms with Gasteiger partial charge in [0.15, 0.2) is 0 Å². The Labute approximate surface area is 120 Å². The van der Waals surface area contributed by atoms with Gasteiger partial charge in [0.1, 0.15) is 5.75 Å². The molecule has 2 rings (SSSR count). The molecule has 1 aliphatic rings. The van der Waals surface area contributed by atoms with E-state index in [1.54, 1.807) is 24.3 Å². The first-order valence-electron chi connectivity index (χ1n) is 6.91. The van der Waals surface area contributed by atoms with Gasteiger partial charge in [-0.1, -0.05) is 0 Å². The van der Waals surface area contributed by atoms with Gasteiger partial charge < -0.3 is 9.84 Å². The van der Waals surface area contributed by atoms with Gasteiger partial charge in [-0.2, -0.15) is 4.31 Å². The van der Waals surface area contributed by atoms with Gasteiger partial charge in [0.25, 0.3) is 0 Å². The van der Waals surface area contributed by atoms with Crippen LogP contribution in [0.15, 0.2) is 29.2 Å². The summed E-state index contributed by atoms with van der Waals surface area (Å²) in [6, 6.07) is 6.49. The van der Waals surface area contributed by atoms with E-state index in [1.807, 2.05) is 6.92 Å². The largest absolute Gasteiger partial charge is 0.494 e. The van der Waals surface area contributed by atoms with Crippen LogP contribution >= 0.6 is 0 Å². The molecule has 0 bridgehead atoms. The average molecular weight is 299 g/mol. The fourth-order valence-corrected chi connectivity index (χ4v) is 3.97. The van der Waals surface area contributed by atoms with Gasteiger partial charge in [-0.05, 0) is 49.9 Å². The molecule has 1 fully saturated rings. The van der Waals surface area contributed by atoms with Crippen LogP contribution < -0.4 is 4.74 Å². The van der Waals surface area contributed by atoms with Gasteiger partial charge >= 0.3 is 0 Å². The topological polar surface area (TPSA) is 66.8 Å². The van der Waals surface area contributed by atoms with Crippen molar-refractivity contribution < 1.29 is 18.3 Å². The number of hydrogen-bond acceptors (Lipinski definition) is 4. The second-order valence-corrected chi connectivity index (χ2v) is 6.90. The summed E-state index contributed by atoms with van der Waals surface area (Å²) in [5.41, 5.74) is 0. The van der Waals surface area contributed by atoms with Crippen molar-refractivity contribution in [3.8, 4) is 5.75 Å². The Morgan fingerprint density at radius 3 is 2.65 bits per heavy atom. The highest BCUT2D eigenvalue weighted by Gasteiger charge is 2.29. The van der Waals surface area contributed by atoms with Gasteiger partial charge in [0, 0.05) is 19.7 Å². The third-order valence-corrected chi connectivity index (χ3v) is 5.39. The molecular formula is C14H21NO4S. The summed E-state index contributed by atoms with van der Waals surface area (Å²) in [5, 5.41) is 9.20. The molecule has 1 aliphatic heterocycles. The molecule has 1 N–H and O–H groups in total. The van der Waals surface area contributed by atoms with Gasteiger partial charge in [-0.15, -0.1) is 0 Å². The Hall–Kier alpha value is -1.11. The zero-order chi connectivity index (χ0) is 14.6. The molecule has 1 saturated heterocycles. The van der Waals surface area contributed by atoms with Crippen LogP contribution in [-0.2, 0) is 10.0 Å². The highest BCUT2D eigenvalue weighted by Crippen LogP contribution is 2.24. The molecule has 1 heterocycles. The predicted molar refractivity (Wildman–Crippen MR) is 76.2 cm³/mol. The van der Waals surface area contributed by atoms with E-state index in [1.165, 1.54) is 4.31 Å². The zero-order valence-corrected chi connectivity index (χ0v) is 12.5. The SMILES string of the molecule is CCOc1ccc(S(=O)(=O)N2CCCC(CO)C2)cc1. The molecule has 5 nitrogen and oxygen atoms in total. The average Bonchev–Trinajstić information content (AvgIpc) is 2.48. The molecule has 112 valence electrons. The third-order valence-electron chi connectivity index (χ3n) is 3.51. The molecule has 20 heavy (non-hydrogen) atoms. The van der Waals surface area contributed by atoms with Crippen LogP contribution in [0.25, 0.3) is 0 Å². The van der Waals surface area contributed by atoms with Crippen molar-refractivity contribution in [3.63, 3.8) is 0 Å². The molecule has 0 aromatic heterocycles. The lowest BCUT2D eigenvalue weighted by Gasteiger charge is -2.30. The van der Waals surface area contributed by atoms with Crippen molar-refractivity contribution in [3.05, 3.63) is 24.3 Å². The normalized spacial score (nSPS) is 20.8. The third kappa shape index (κ3) is 3.31. The summed E-state index contributed by atoms with van der Waals surface area (Å²) in [4.78, 5) is 0.277. The van der Waals surface area contributed by atoms with Crippen molar-refractivity contribution in [1.29, 1.82) is 0 Å². The predicted octanol–water partition coefficient (Wildman–Crippen LogP) is 1.48. The van der Waals surface area contributed by atoms with Gasteiger partial charge in [-0.25, -0.2) is 8.42 Å². The number of nitrogens with zero attached hydrogens (tertiary/aromatic N) is 1. The molecular weight excluding hydrogens is 278 g/mol. The van der Waals surface area contributed by atoms with E-state index in [9.17, 15) is 13.5 Å². The Morgan fingerprint density at radius 1 is 1.35 bits per heavy atom. The molecule has 0 aliphatic carbocycles. The number of ether oxygens (including phenoxy) is 1. The standard InChI is InChI=1S/C14H21NO4S/c1-2-19-13-5-7-14(8-6-13)20(17,18)15-9-3-4-12(10-15)11-16/h5-8,12,16H,2-4,9-11H2,1H3. The van der Waals surface area contributed by atoms with Crippen LogP contribution in [0, 0.1) is 5.92 Å². The van der Waals surface area contributed by atoms with Crippen LogP contribution in [0.4, 0.5) is 0 Å². The number of hydrogen-bond donors (Lipinski definition) is 1. The first-order valence-corrected chi connectivity index (χ1v) is 8.35. The van der Waals surface area contributed by atoms with Crippen molar-refractivity contribution in [1.82, 2.24) is 4.31 Å². The summed E-state index contributed by atoms with van der Waals surface area (Å²) in [5.74, 6) is 0.708. The molecule has 1 aromatic carbocycles. The second-order valence-electron chi connectivity index (χ2n) is 4.96. The first kappa shape index (κ1) is 15.3. The maximum absolute atomic E-state index is 12.5. The molecule has 6 heteroatoms. The number of aliphatic hydroxyl groups is 1. The summed E-state index contributed by atoms with van der Waals surface area (Å²) in [6.45, 7) is 3.39. The van der Waals surface area contributed by atoms with Crippen molar-refractivity contribution in [2.24, 2.45) is 5.92 Å². The summed E-state index contributed by atoms with van der Waals surface area (Å²) in [6.07, 6.45) is 1.67. The van der Waals surface area contributed by atoms with Crippen LogP contribution in [0.5, 0.6) is 5.75 Å². The number of piperidine rings is 1. The number of rotatable bonds is 5. The van der Waals surface area contributed by atoms with E-state index < -0.39 is 10.0 Å². The maximum Gasteiger partial charge on any atom is 0.243 e. The fourth-order valence-electron chi connectivity index (χ4n) is 2.42. The van der Waals surface area contributed by atoms with Crippen molar-refractivity contribution in [2.75, 3.05) is 26.3 Å². The lowest BCUT2D eigenvalue weighted by molar-refractivity contribution is 0.165. The Bertz CT molecular complexity index is 527. The number of benzene rings is 1. The number of aliphatic hydroxyl groups excluding tert-OH is 1. The summed E-state index contributed by atoms with van der Waals surface area (Å²) >= 11 is 0. The Kier molecular flexibility index (Phi) is 5.01. The highest BCUT2D eigenvalue weighted by molar-refractivity contribution is 7.89. The minimum absolute atomic E-state index is 0.0370. The van der Waals surface area contributed by atoms with Crippen LogP contribution in [0.1, 0.15) is 19.8 Å². The van der Waals surface area contributed by atoms with Crippen LogP contribution in [0.2, 0.25) is 0 Å². The Balaban J connectivity index is 2.16. The van der Waals surface area contributed by atoms with E-state index >= 15 is 0 Å². The minimum Gasteiger partial charge on any atom is -0.494 e. The Morgan fingerprint density at radius 2 is 2.05 bits per heavy atom. The van der Waals surface area contributed by atoms with E-state index in [4.69, 9.17) is 4.74 Å². The lowest BCUT2D eigenvalue weighted by atomic mass is 10.0. The highest BCUT2D eigenvalue weighted by atomic mass is 32.2. The molecule has 0 saturated carbocycles. The zero-order valence-electron chi connectivity index (χ0n) is 11.7. The molecule has 1 unspecified atom stereocenters. The van der Waals surface area contributed by atoms with E-state index in [2.05, 4.69) is 0 Å². The van der Waals surface area contributed by atoms with Crippen LogP contribution in [0.3, 0.4) is 0 Å². The quantitative estimate of drug-likeness (QED) is 0.894. The molecule has 1 aromatic rings. The van der Waals surface area contributed by atoms with Crippen molar-refractivity contribution in [2.45, 2.75) is 24.7 Å². The summed E-state index contributed by atoms with van der Waals surface area (Å²) < 4.78 is 31.8. The van der Waals surface area contributed by atoms with Crippen LogP contribution in [-0.4, -0.2) is 44.1 Å². The second kappa shape index (κ2) is 6.56. The lowest BCUT2D eigenvalue weighted by Crippen LogP contribution is -2.40. The minimum atomic E-state index is -3.47. The van der Waals surface area contributed by atoms with Gasteiger partial charge in [0.2, 0.25) is 10.0 Å². The smallest absolute Gasteiger partial charge is 0.243 e. The van der Waals surface area contributed by atoms with Gasteiger partial charge in [-0.3, -0.25) is 0 Å². The monoisotopic (exact) mass is 299 g/mol. The van der Waals surface area contributed by atoms with E-state index in [0.717, 1.165) is 12.8 Å². The summed E-state index contributed by atoms with van der Waals surface area (Å²) in [7, 11) is -3.47. The molecule has 0 spiro atoms. The first-order chi connectivity index (χ1) is 9.57. The maximum atomic E-state index is 12.5. The van der Waals surface area contributed by atoms with E-state index in [-0.39, 0.29) is 17.4 Å². The molecule has 0 amide bonds. The fraction of sp³-hybridized carbons (Fsp3) is 0.571. The van der Waals surface area contributed by atoms with Crippen molar-refractivity contribution >= 4 is 10.0 Å². The van der Waals surface area contributed by atoms with Gasteiger partial charge in [0.05, 0.1) is 11.5 Å². The molecule has 0 radical (unpaired) electrons.